The number of aromatic nitrogens is 5. The normalized spacial score (nSPS) is 10.9. The van der Waals surface area contributed by atoms with E-state index in [2.05, 4.69) is 30.4 Å². The second-order valence-corrected chi connectivity index (χ2v) is 7.95. The first kappa shape index (κ1) is 22.9. The average Bonchev–Trinajstić information content (AvgIpc) is 3.35. The van der Waals surface area contributed by atoms with E-state index in [0.29, 0.717) is 39.7 Å². The van der Waals surface area contributed by atoms with Gasteiger partial charge in [-0.2, -0.15) is 0 Å². The summed E-state index contributed by atoms with van der Waals surface area (Å²) in [7, 11) is 3.05. The first-order chi connectivity index (χ1) is 17.6. The van der Waals surface area contributed by atoms with Crippen molar-refractivity contribution in [3.05, 3.63) is 78.0 Å². The number of ether oxygens (including phenoxy) is 2. The Morgan fingerprint density at radius 2 is 1.81 bits per heavy atom. The van der Waals surface area contributed by atoms with Crippen LogP contribution in [0.2, 0.25) is 0 Å². The van der Waals surface area contributed by atoms with Gasteiger partial charge in [-0.25, -0.2) is 9.97 Å². The smallest absolute Gasteiger partial charge is 0.259 e. The van der Waals surface area contributed by atoms with Crippen LogP contribution < -0.4 is 14.8 Å². The van der Waals surface area contributed by atoms with Gasteiger partial charge in [0.1, 0.15) is 5.69 Å². The summed E-state index contributed by atoms with van der Waals surface area (Å²) < 4.78 is 16.1. The lowest BCUT2D eigenvalue weighted by atomic mass is 10.0. The zero-order chi connectivity index (χ0) is 25.1. The van der Waals surface area contributed by atoms with E-state index in [9.17, 15) is 4.79 Å². The molecule has 10 nitrogen and oxygen atoms in total. The van der Waals surface area contributed by atoms with E-state index in [1.807, 2.05) is 13.0 Å². The van der Waals surface area contributed by atoms with Gasteiger partial charge in [0.15, 0.2) is 5.75 Å². The highest BCUT2D eigenvalue weighted by molar-refractivity contribution is 6.10. The van der Waals surface area contributed by atoms with Gasteiger partial charge < -0.3 is 19.3 Å². The number of fused-ring (bicyclic) bond motifs is 1. The summed E-state index contributed by atoms with van der Waals surface area (Å²) in [5, 5.41) is 7.65. The third kappa shape index (κ3) is 4.43. The zero-order valence-electron chi connectivity index (χ0n) is 19.8. The lowest BCUT2D eigenvalue weighted by molar-refractivity contribution is 0.0952. The van der Waals surface area contributed by atoms with E-state index in [4.69, 9.17) is 14.0 Å². The molecule has 5 heterocycles. The van der Waals surface area contributed by atoms with Crippen LogP contribution in [0.25, 0.3) is 33.6 Å². The second kappa shape index (κ2) is 9.79. The number of nitrogens with one attached hydrogen (secondary N) is 1. The minimum atomic E-state index is -0.334. The first-order valence-electron chi connectivity index (χ1n) is 11.1. The molecule has 180 valence electrons. The molecule has 1 amide bonds. The number of pyridine rings is 4. The molecule has 0 aliphatic rings. The SMILES string of the molecule is COc1ccc(CNC(=O)c2cc(-c3cncc(C)c3)nc3onc(-c4ccncc4)c23)nc1OC. The molecule has 0 fully saturated rings. The number of hydrogen-bond acceptors (Lipinski definition) is 9. The van der Waals surface area contributed by atoms with E-state index in [1.54, 1.807) is 55.1 Å². The largest absolute Gasteiger partial charge is 0.491 e. The molecular formula is C26H22N6O4. The molecule has 5 aromatic rings. The molecule has 0 aliphatic heterocycles. The van der Waals surface area contributed by atoms with Gasteiger partial charge >= 0.3 is 0 Å². The van der Waals surface area contributed by atoms with Crippen LogP contribution in [0.4, 0.5) is 0 Å². The van der Waals surface area contributed by atoms with Crippen LogP contribution in [0.5, 0.6) is 11.6 Å². The summed E-state index contributed by atoms with van der Waals surface area (Å²) in [6, 6.07) is 10.8. The van der Waals surface area contributed by atoms with Crippen molar-refractivity contribution in [2.45, 2.75) is 13.5 Å². The fourth-order valence-corrected chi connectivity index (χ4v) is 3.81. The van der Waals surface area contributed by atoms with Crippen molar-refractivity contribution in [1.29, 1.82) is 0 Å². The van der Waals surface area contributed by atoms with Crippen LogP contribution in [-0.4, -0.2) is 45.2 Å². The maximum atomic E-state index is 13.5. The molecule has 0 aliphatic carbocycles. The van der Waals surface area contributed by atoms with Gasteiger partial charge in [-0.15, -0.1) is 0 Å². The van der Waals surface area contributed by atoms with Gasteiger partial charge in [-0.3, -0.25) is 14.8 Å². The molecular weight excluding hydrogens is 460 g/mol. The highest BCUT2D eigenvalue weighted by Gasteiger charge is 2.22. The molecule has 5 aromatic heterocycles. The Kier molecular flexibility index (Phi) is 6.23. The van der Waals surface area contributed by atoms with Crippen LogP contribution >= 0.6 is 0 Å². The van der Waals surface area contributed by atoms with Crippen molar-refractivity contribution in [3.63, 3.8) is 0 Å². The number of hydrogen-bond donors (Lipinski definition) is 1. The van der Waals surface area contributed by atoms with E-state index in [-0.39, 0.29) is 18.2 Å². The monoisotopic (exact) mass is 482 g/mol. The molecule has 0 saturated heterocycles. The summed E-state index contributed by atoms with van der Waals surface area (Å²) in [4.78, 5) is 30.9. The molecule has 0 spiro atoms. The van der Waals surface area contributed by atoms with E-state index in [0.717, 1.165) is 16.7 Å². The van der Waals surface area contributed by atoms with E-state index < -0.39 is 0 Å². The molecule has 0 bridgehead atoms. The molecule has 0 saturated carbocycles. The maximum absolute atomic E-state index is 13.5. The highest BCUT2D eigenvalue weighted by Crippen LogP contribution is 2.32. The number of amides is 1. The van der Waals surface area contributed by atoms with Crippen LogP contribution in [-0.2, 0) is 6.54 Å². The zero-order valence-corrected chi connectivity index (χ0v) is 19.8. The third-order valence-electron chi connectivity index (χ3n) is 5.54. The van der Waals surface area contributed by atoms with Gasteiger partial charge in [0, 0.05) is 35.9 Å². The number of carbonyl (C=O) groups is 1. The number of rotatable bonds is 7. The lowest BCUT2D eigenvalue weighted by Gasteiger charge is -2.11. The van der Waals surface area contributed by atoms with Crippen molar-refractivity contribution in [2.24, 2.45) is 0 Å². The van der Waals surface area contributed by atoms with Crippen molar-refractivity contribution in [1.82, 2.24) is 30.4 Å². The Balaban J connectivity index is 1.56. The Morgan fingerprint density at radius 1 is 0.972 bits per heavy atom. The van der Waals surface area contributed by atoms with Crippen molar-refractivity contribution in [3.8, 4) is 34.1 Å². The van der Waals surface area contributed by atoms with Gasteiger partial charge in [0.2, 0.25) is 0 Å². The molecule has 0 atom stereocenters. The quantitative estimate of drug-likeness (QED) is 0.366. The molecule has 0 unspecified atom stereocenters. The predicted octanol–water partition coefficient (Wildman–Crippen LogP) is 4.00. The second-order valence-electron chi connectivity index (χ2n) is 7.95. The molecule has 36 heavy (non-hydrogen) atoms. The average molecular weight is 483 g/mol. The van der Waals surface area contributed by atoms with Crippen molar-refractivity contribution >= 4 is 17.0 Å². The Labute approximate surface area is 206 Å². The van der Waals surface area contributed by atoms with Crippen LogP contribution in [0, 0.1) is 6.92 Å². The third-order valence-corrected chi connectivity index (χ3v) is 5.54. The number of aryl methyl sites for hydroxylation is 1. The molecule has 1 N–H and O–H groups in total. The Morgan fingerprint density at radius 3 is 2.56 bits per heavy atom. The van der Waals surface area contributed by atoms with Crippen molar-refractivity contribution in [2.75, 3.05) is 14.2 Å². The highest BCUT2D eigenvalue weighted by atomic mass is 16.5. The minimum Gasteiger partial charge on any atom is -0.491 e. The van der Waals surface area contributed by atoms with Crippen LogP contribution in [0.1, 0.15) is 21.6 Å². The summed E-state index contributed by atoms with van der Waals surface area (Å²) >= 11 is 0. The Bertz CT molecular complexity index is 1550. The van der Waals surface area contributed by atoms with Crippen molar-refractivity contribution < 1.29 is 18.8 Å². The summed E-state index contributed by atoms with van der Waals surface area (Å²) in [5.41, 5.74) is 4.75. The predicted molar refractivity (Wildman–Crippen MR) is 132 cm³/mol. The van der Waals surface area contributed by atoms with Gasteiger partial charge in [-0.05, 0) is 48.9 Å². The minimum absolute atomic E-state index is 0.167. The lowest BCUT2D eigenvalue weighted by Crippen LogP contribution is -2.24. The summed E-state index contributed by atoms with van der Waals surface area (Å²) in [5.74, 6) is 0.509. The van der Waals surface area contributed by atoms with Crippen LogP contribution in [0.15, 0.2) is 65.7 Å². The fourth-order valence-electron chi connectivity index (χ4n) is 3.81. The maximum Gasteiger partial charge on any atom is 0.259 e. The summed E-state index contributed by atoms with van der Waals surface area (Å²) in [6.45, 7) is 2.11. The Hall–Kier alpha value is -4.86. The fraction of sp³-hybridized carbons (Fsp3) is 0.154. The van der Waals surface area contributed by atoms with Crippen LogP contribution in [0.3, 0.4) is 0 Å². The first-order valence-corrected chi connectivity index (χ1v) is 11.1. The molecule has 5 rings (SSSR count). The number of methoxy groups -OCH3 is 2. The number of nitrogens with zero attached hydrogens (tertiary/aromatic N) is 5. The standard InChI is InChI=1S/C26H22N6O4/c1-15-10-17(13-28-12-15)20-11-19(22-23(32-36-26(22)31-20)16-6-8-27-9-7-16)24(33)29-14-18-4-5-21(34-2)25(30-18)35-3/h4-13H,14H2,1-3H3,(H,29,33). The summed E-state index contributed by atoms with van der Waals surface area (Å²) in [6.07, 6.45) is 6.75. The van der Waals surface area contributed by atoms with Gasteiger partial charge in [0.25, 0.3) is 17.5 Å². The molecule has 0 aromatic carbocycles. The van der Waals surface area contributed by atoms with Gasteiger partial charge in [0.05, 0.1) is 43.1 Å². The molecule has 10 heteroatoms. The molecule has 0 radical (unpaired) electrons. The number of carbonyl (C=O) groups excluding carboxylic acids is 1. The van der Waals surface area contributed by atoms with E-state index >= 15 is 0 Å². The van der Waals surface area contributed by atoms with Gasteiger partial charge in [-0.1, -0.05) is 5.16 Å². The topological polar surface area (TPSA) is 125 Å². The van der Waals surface area contributed by atoms with E-state index in [1.165, 1.54) is 14.2 Å².